The molecule has 0 spiro atoms. The van der Waals surface area contributed by atoms with E-state index in [0.29, 0.717) is 32.5 Å². The highest BCUT2D eigenvalue weighted by Crippen LogP contribution is 2.32. The Balaban J connectivity index is 2.09. The number of aryl methyl sites for hydroxylation is 1. The minimum absolute atomic E-state index is 0.0241. The molecule has 1 N–H and O–H groups in total. The van der Waals surface area contributed by atoms with Gasteiger partial charge in [0.25, 0.3) is 5.56 Å². The van der Waals surface area contributed by atoms with E-state index in [-0.39, 0.29) is 23.1 Å². The average Bonchev–Trinajstić information content (AvgIpc) is 2.79. The molecule has 0 saturated heterocycles. The molecule has 1 atom stereocenters. The molecule has 1 aromatic heterocycles. The zero-order valence-electron chi connectivity index (χ0n) is 19.1. The van der Waals surface area contributed by atoms with Crippen molar-refractivity contribution < 1.29 is 9.53 Å². The second kappa shape index (κ2) is 9.86. The lowest BCUT2D eigenvalue weighted by Crippen LogP contribution is -2.49. The number of amides is 1. The molecular formula is C24H25ClN4O3S. The molecule has 0 bridgehead atoms. The van der Waals surface area contributed by atoms with Crippen molar-refractivity contribution in [2.75, 3.05) is 12.9 Å². The van der Waals surface area contributed by atoms with E-state index < -0.39 is 5.54 Å². The van der Waals surface area contributed by atoms with Crippen LogP contribution in [0.15, 0.2) is 46.3 Å². The second-order valence-electron chi connectivity index (χ2n) is 8.13. The Morgan fingerprint density at radius 3 is 2.70 bits per heavy atom. The lowest BCUT2D eigenvalue weighted by Gasteiger charge is -2.27. The van der Waals surface area contributed by atoms with Gasteiger partial charge >= 0.3 is 0 Å². The number of benzene rings is 2. The molecule has 2 aromatic carbocycles. The number of nitrogens with one attached hydrogen (secondary N) is 1. The fraction of sp³-hybridized carbons (Fsp3) is 0.333. The summed E-state index contributed by atoms with van der Waals surface area (Å²) < 4.78 is 6.93. The smallest absolute Gasteiger partial charge is 0.266 e. The van der Waals surface area contributed by atoms with Gasteiger partial charge in [0.15, 0.2) is 5.16 Å². The minimum Gasteiger partial charge on any atom is -0.495 e. The van der Waals surface area contributed by atoms with E-state index in [0.717, 1.165) is 17.3 Å². The van der Waals surface area contributed by atoms with E-state index in [1.807, 2.05) is 20.8 Å². The molecule has 1 heterocycles. The Morgan fingerprint density at radius 2 is 2.06 bits per heavy atom. The molecule has 7 nitrogen and oxygen atoms in total. The van der Waals surface area contributed by atoms with E-state index >= 15 is 0 Å². The molecule has 0 aliphatic heterocycles. The Bertz CT molecular complexity index is 1320. The first-order valence-electron chi connectivity index (χ1n) is 10.3. The van der Waals surface area contributed by atoms with Gasteiger partial charge in [-0.05, 0) is 43.5 Å². The van der Waals surface area contributed by atoms with Crippen LogP contribution >= 0.6 is 23.4 Å². The SMILES string of the molecule is COc1cc(Cl)c(C)cc1-n1c(SCC(=O)N[C@@](C)(C#N)C(C)C)nc2ccccc2c1=O. The Kier molecular flexibility index (Phi) is 7.35. The Labute approximate surface area is 201 Å². The number of thioether (sulfide) groups is 1. The van der Waals surface area contributed by atoms with Crippen LogP contribution in [0.5, 0.6) is 5.75 Å². The maximum absolute atomic E-state index is 13.5. The zero-order chi connectivity index (χ0) is 24.3. The number of hydrogen-bond donors (Lipinski definition) is 1. The van der Waals surface area contributed by atoms with Crippen molar-refractivity contribution in [2.45, 2.75) is 38.4 Å². The maximum atomic E-state index is 13.5. The van der Waals surface area contributed by atoms with Gasteiger partial charge in [0.05, 0.1) is 35.5 Å². The summed E-state index contributed by atoms with van der Waals surface area (Å²) in [5, 5.41) is 13.6. The highest BCUT2D eigenvalue weighted by atomic mass is 35.5. The predicted octanol–water partition coefficient (Wildman–Crippen LogP) is 4.50. The van der Waals surface area contributed by atoms with Crippen LogP contribution in [0.4, 0.5) is 0 Å². The number of fused-ring (bicyclic) bond motifs is 1. The molecule has 0 radical (unpaired) electrons. The molecular weight excluding hydrogens is 460 g/mol. The van der Waals surface area contributed by atoms with Gasteiger partial charge in [-0.3, -0.25) is 14.2 Å². The van der Waals surface area contributed by atoms with E-state index in [1.54, 1.807) is 43.3 Å². The summed E-state index contributed by atoms with van der Waals surface area (Å²) in [6.07, 6.45) is 0. The first-order chi connectivity index (χ1) is 15.6. The third-order valence-electron chi connectivity index (χ3n) is 5.56. The number of rotatable bonds is 7. The van der Waals surface area contributed by atoms with Crippen LogP contribution < -0.4 is 15.6 Å². The van der Waals surface area contributed by atoms with Gasteiger partial charge < -0.3 is 10.1 Å². The quantitative estimate of drug-likeness (QED) is 0.391. The number of methoxy groups -OCH3 is 1. The average molecular weight is 485 g/mol. The molecule has 0 aliphatic rings. The topological polar surface area (TPSA) is 97.0 Å². The van der Waals surface area contributed by atoms with Gasteiger partial charge in [-0.1, -0.05) is 49.3 Å². The molecule has 33 heavy (non-hydrogen) atoms. The molecule has 9 heteroatoms. The molecule has 3 aromatic rings. The molecule has 0 unspecified atom stereocenters. The van der Waals surface area contributed by atoms with Gasteiger partial charge in [0.2, 0.25) is 5.91 Å². The van der Waals surface area contributed by atoms with Crippen LogP contribution in [0.2, 0.25) is 5.02 Å². The van der Waals surface area contributed by atoms with Crippen LogP contribution in [0.1, 0.15) is 26.3 Å². The number of carbonyl (C=O) groups excluding carboxylic acids is 1. The molecule has 0 fully saturated rings. The van der Waals surface area contributed by atoms with Crippen LogP contribution in [0, 0.1) is 24.2 Å². The van der Waals surface area contributed by atoms with Crippen molar-refractivity contribution in [2.24, 2.45) is 5.92 Å². The third kappa shape index (κ3) is 5.00. The van der Waals surface area contributed by atoms with Gasteiger partial charge in [-0.15, -0.1) is 0 Å². The summed E-state index contributed by atoms with van der Waals surface area (Å²) in [6, 6.07) is 12.6. The summed E-state index contributed by atoms with van der Waals surface area (Å²) in [5.41, 5.74) is 0.491. The van der Waals surface area contributed by atoms with Crippen molar-refractivity contribution in [1.29, 1.82) is 5.26 Å². The monoisotopic (exact) mass is 484 g/mol. The van der Waals surface area contributed by atoms with E-state index in [1.165, 1.54) is 11.7 Å². The van der Waals surface area contributed by atoms with Gasteiger partial charge in [0, 0.05) is 11.1 Å². The van der Waals surface area contributed by atoms with E-state index in [2.05, 4.69) is 16.4 Å². The minimum atomic E-state index is -0.995. The van der Waals surface area contributed by atoms with Crippen LogP contribution in [-0.4, -0.2) is 33.9 Å². The van der Waals surface area contributed by atoms with Crippen molar-refractivity contribution in [3.8, 4) is 17.5 Å². The number of hydrogen-bond acceptors (Lipinski definition) is 6. The summed E-state index contributed by atoms with van der Waals surface area (Å²) in [7, 11) is 1.50. The summed E-state index contributed by atoms with van der Waals surface area (Å²) >= 11 is 7.38. The van der Waals surface area contributed by atoms with Crippen molar-refractivity contribution in [3.05, 3.63) is 57.3 Å². The van der Waals surface area contributed by atoms with Crippen molar-refractivity contribution in [3.63, 3.8) is 0 Å². The molecule has 1 amide bonds. The third-order valence-corrected chi connectivity index (χ3v) is 6.91. The number of para-hydroxylation sites is 1. The first-order valence-corrected chi connectivity index (χ1v) is 11.7. The highest BCUT2D eigenvalue weighted by molar-refractivity contribution is 7.99. The van der Waals surface area contributed by atoms with Gasteiger partial charge in [-0.2, -0.15) is 5.26 Å². The normalized spacial score (nSPS) is 12.9. The van der Waals surface area contributed by atoms with Crippen LogP contribution in [-0.2, 0) is 4.79 Å². The molecule has 0 saturated carbocycles. The number of nitriles is 1. The predicted molar refractivity (Wildman–Crippen MR) is 131 cm³/mol. The first kappa shape index (κ1) is 24.6. The van der Waals surface area contributed by atoms with Gasteiger partial charge in [0.1, 0.15) is 11.3 Å². The fourth-order valence-corrected chi connectivity index (χ4v) is 4.12. The van der Waals surface area contributed by atoms with Crippen LogP contribution in [0.25, 0.3) is 16.6 Å². The second-order valence-corrected chi connectivity index (χ2v) is 9.48. The highest BCUT2D eigenvalue weighted by Gasteiger charge is 2.30. The number of halogens is 1. The summed E-state index contributed by atoms with van der Waals surface area (Å²) in [6.45, 7) is 7.26. The van der Waals surface area contributed by atoms with Crippen molar-refractivity contribution in [1.82, 2.24) is 14.9 Å². The van der Waals surface area contributed by atoms with E-state index in [9.17, 15) is 14.9 Å². The molecule has 0 aliphatic carbocycles. The summed E-state index contributed by atoms with van der Waals surface area (Å²) in [5.74, 6) is -0.0162. The Morgan fingerprint density at radius 1 is 1.36 bits per heavy atom. The Hall–Kier alpha value is -3.02. The van der Waals surface area contributed by atoms with Crippen LogP contribution in [0.3, 0.4) is 0 Å². The zero-order valence-corrected chi connectivity index (χ0v) is 20.7. The largest absolute Gasteiger partial charge is 0.495 e. The van der Waals surface area contributed by atoms with E-state index in [4.69, 9.17) is 16.3 Å². The molecule has 172 valence electrons. The lowest BCUT2D eigenvalue weighted by atomic mass is 9.90. The molecule has 3 rings (SSSR count). The number of aromatic nitrogens is 2. The van der Waals surface area contributed by atoms with Crippen molar-refractivity contribution >= 4 is 40.2 Å². The number of ether oxygens (including phenoxy) is 1. The summed E-state index contributed by atoms with van der Waals surface area (Å²) in [4.78, 5) is 30.8. The maximum Gasteiger partial charge on any atom is 0.266 e. The standard InChI is InChI=1S/C24H25ClN4O3S/c1-14(2)24(4,13-26)28-21(30)12-33-23-27-18-9-7-6-8-16(18)22(31)29(23)19-10-15(3)17(25)11-20(19)32-5/h6-11,14H,12H2,1-5H3,(H,28,30)/t24-/m0/s1. The van der Waals surface area contributed by atoms with Gasteiger partial charge in [-0.25, -0.2) is 4.98 Å². The number of nitrogens with zero attached hydrogens (tertiary/aromatic N) is 3. The number of carbonyl (C=O) groups is 1. The fourth-order valence-electron chi connectivity index (χ4n) is 3.17. The lowest BCUT2D eigenvalue weighted by molar-refractivity contribution is -0.120.